The van der Waals surface area contributed by atoms with E-state index < -0.39 is 0 Å². The van der Waals surface area contributed by atoms with E-state index in [2.05, 4.69) is 34.1 Å². The molecule has 1 aliphatic heterocycles. The highest BCUT2D eigenvalue weighted by Crippen LogP contribution is 2.14. The van der Waals surface area contributed by atoms with Crippen LogP contribution in [0, 0.1) is 17.8 Å². The highest BCUT2D eigenvalue weighted by Gasteiger charge is 2.23. The Morgan fingerprint density at radius 1 is 1.57 bits per heavy atom. The van der Waals surface area contributed by atoms with Gasteiger partial charge in [-0.1, -0.05) is 11.8 Å². The summed E-state index contributed by atoms with van der Waals surface area (Å²) < 4.78 is 5.39. The number of carbonyl (C=O) groups is 1. The zero-order chi connectivity index (χ0) is 14.9. The van der Waals surface area contributed by atoms with Crippen molar-refractivity contribution in [2.75, 3.05) is 33.3 Å². The Kier molecular flexibility index (Phi) is 6.04. The summed E-state index contributed by atoms with van der Waals surface area (Å²) in [7, 11) is 2.05. The molecule has 1 amide bonds. The highest BCUT2D eigenvalue weighted by atomic mass is 16.5. The van der Waals surface area contributed by atoms with Crippen molar-refractivity contribution in [2.45, 2.75) is 12.8 Å². The van der Waals surface area contributed by atoms with Gasteiger partial charge in [-0.2, -0.15) is 0 Å². The lowest BCUT2D eigenvalue weighted by Crippen LogP contribution is -2.41. The Hall–Kier alpha value is -2.06. The number of nitrogens with one attached hydrogen (secondary N) is 1. The number of amides is 1. The van der Waals surface area contributed by atoms with Crippen LogP contribution in [-0.4, -0.2) is 49.1 Å². The molecule has 21 heavy (non-hydrogen) atoms. The summed E-state index contributed by atoms with van der Waals surface area (Å²) in [5, 5.41) is 2.86. The maximum Gasteiger partial charge on any atom is 0.225 e. The number of rotatable bonds is 4. The molecule has 1 N–H and O–H groups in total. The van der Waals surface area contributed by atoms with Crippen molar-refractivity contribution in [3.05, 3.63) is 24.5 Å². The number of ether oxygens (including phenoxy) is 1. The highest BCUT2D eigenvalue weighted by molar-refractivity contribution is 5.79. The third-order valence-electron chi connectivity index (χ3n) is 3.42. The van der Waals surface area contributed by atoms with Gasteiger partial charge in [0, 0.05) is 12.7 Å². The predicted molar refractivity (Wildman–Crippen MR) is 80.7 cm³/mol. The van der Waals surface area contributed by atoms with E-state index in [1.807, 2.05) is 12.1 Å². The molecule has 0 aliphatic carbocycles. The summed E-state index contributed by atoms with van der Waals surface area (Å²) in [6.07, 6.45) is 5.38. The van der Waals surface area contributed by atoms with E-state index in [0.29, 0.717) is 18.9 Å². The van der Waals surface area contributed by atoms with Gasteiger partial charge in [0.1, 0.15) is 12.4 Å². The molecule has 0 radical (unpaired) electrons. The summed E-state index contributed by atoms with van der Waals surface area (Å²) in [6.45, 7) is 2.59. The van der Waals surface area contributed by atoms with Gasteiger partial charge in [0.15, 0.2) is 0 Å². The zero-order valence-electron chi connectivity index (χ0n) is 12.3. The minimum absolute atomic E-state index is 0.0946. The molecule has 112 valence electrons. The van der Waals surface area contributed by atoms with Crippen molar-refractivity contribution in [3.8, 4) is 17.6 Å². The average molecular weight is 287 g/mol. The molecule has 0 bridgehead atoms. The molecule has 1 saturated heterocycles. The van der Waals surface area contributed by atoms with E-state index in [-0.39, 0.29) is 11.8 Å². The number of hydrogen-bond donors (Lipinski definition) is 1. The predicted octanol–water partition coefficient (Wildman–Crippen LogP) is 0.922. The molecular weight excluding hydrogens is 266 g/mol. The molecule has 0 saturated carbocycles. The lowest BCUT2D eigenvalue weighted by molar-refractivity contribution is -0.126. The summed E-state index contributed by atoms with van der Waals surface area (Å²) in [5.74, 6) is 6.66. The summed E-state index contributed by atoms with van der Waals surface area (Å²) in [5.41, 5.74) is 0. The van der Waals surface area contributed by atoms with Gasteiger partial charge >= 0.3 is 0 Å². The fourth-order valence-electron chi connectivity index (χ4n) is 2.32. The van der Waals surface area contributed by atoms with Gasteiger partial charge in [-0.3, -0.25) is 9.78 Å². The SMILES string of the molecule is CN1CCCC(C(=O)NCC#CCOc2cccnc2)C1. The zero-order valence-corrected chi connectivity index (χ0v) is 12.3. The maximum atomic E-state index is 12.0. The number of pyridine rings is 1. The third kappa shape index (κ3) is 5.44. The molecule has 2 heterocycles. The monoisotopic (exact) mass is 287 g/mol. The number of likely N-dealkylation sites (tertiary alicyclic amines) is 1. The molecule has 2 rings (SSSR count). The van der Waals surface area contributed by atoms with Crippen LogP contribution in [-0.2, 0) is 4.79 Å². The van der Waals surface area contributed by atoms with E-state index in [1.165, 1.54) is 0 Å². The van der Waals surface area contributed by atoms with Crippen LogP contribution in [0.4, 0.5) is 0 Å². The number of piperidine rings is 1. The van der Waals surface area contributed by atoms with Gasteiger partial charge in [-0.15, -0.1) is 0 Å². The van der Waals surface area contributed by atoms with Gasteiger partial charge in [0.25, 0.3) is 0 Å². The molecule has 0 spiro atoms. The van der Waals surface area contributed by atoms with Crippen molar-refractivity contribution >= 4 is 5.91 Å². The molecule has 1 atom stereocenters. The molecule has 5 nitrogen and oxygen atoms in total. The van der Waals surface area contributed by atoms with Gasteiger partial charge in [-0.25, -0.2) is 0 Å². The topological polar surface area (TPSA) is 54.5 Å². The number of nitrogens with zero attached hydrogens (tertiary/aromatic N) is 2. The third-order valence-corrected chi connectivity index (χ3v) is 3.42. The van der Waals surface area contributed by atoms with Crippen molar-refractivity contribution in [1.82, 2.24) is 15.2 Å². The molecule has 1 aromatic heterocycles. The fourth-order valence-corrected chi connectivity index (χ4v) is 2.32. The van der Waals surface area contributed by atoms with Crippen molar-refractivity contribution < 1.29 is 9.53 Å². The normalized spacial score (nSPS) is 18.4. The average Bonchev–Trinajstić information content (AvgIpc) is 2.51. The second-order valence-corrected chi connectivity index (χ2v) is 5.15. The fraction of sp³-hybridized carbons (Fsp3) is 0.500. The first-order valence-corrected chi connectivity index (χ1v) is 7.20. The molecular formula is C16H21N3O2. The largest absolute Gasteiger partial charge is 0.479 e. The molecule has 1 aliphatic rings. The van der Waals surface area contributed by atoms with Crippen molar-refractivity contribution in [2.24, 2.45) is 5.92 Å². The van der Waals surface area contributed by atoms with Gasteiger partial charge in [0.05, 0.1) is 18.7 Å². The lowest BCUT2D eigenvalue weighted by Gasteiger charge is -2.28. The van der Waals surface area contributed by atoms with Crippen LogP contribution in [0.3, 0.4) is 0 Å². The van der Waals surface area contributed by atoms with Gasteiger partial charge < -0.3 is 15.0 Å². The van der Waals surface area contributed by atoms with Crippen molar-refractivity contribution in [1.29, 1.82) is 0 Å². The van der Waals surface area contributed by atoms with E-state index in [0.717, 1.165) is 25.9 Å². The van der Waals surface area contributed by atoms with Crippen LogP contribution in [0.25, 0.3) is 0 Å². The van der Waals surface area contributed by atoms with E-state index in [9.17, 15) is 4.79 Å². The Bertz CT molecular complexity index is 507. The van der Waals surface area contributed by atoms with Gasteiger partial charge in [0.2, 0.25) is 5.91 Å². The number of carbonyl (C=O) groups excluding carboxylic acids is 1. The van der Waals surface area contributed by atoms with Crippen LogP contribution in [0.5, 0.6) is 5.75 Å². The molecule has 1 fully saturated rings. The first-order chi connectivity index (χ1) is 10.3. The minimum Gasteiger partial charge on any atom is -0.479 e. The number of aromatic nitrogens is 1. The second kappa shape index (κ2) is 8.28. The Morgan fingerprint density at radius 2 is 2.48 bits per heavy atom. The quantitative estimate of drug-likeness (QED) is 0.837. The standard InChI is InChI=1S/C16H21N3O2/c1-19-10-5-6-14(13-19)16(20)18-9-2-3-11-21-15-7-4-8-17-12-15/h4,7-8,12,14H,5-6,9-11,13H2,1H3,(H,18,20). The van der Waals surface area contributed by atoms with Gasteiger partial charge in [-0.05, 0) is 38.6 Å². The Labute approximate surface area is 125 Å². The molecule has 0 aromatic carbocycles. The van der Waals surface area contributed by atoms with Crippen molar-refractivity contribution in [3.63, 3.8) is 0 Å². The van der Waals surface area contributed by atoms with Crippen LogP contribution in [0.2, 0.25) is 0 Å². The Balaban J connectivity index is 1.63. The van der Waals surface area contributed by atoms with Crippen LogP contribution in [0.1, 0.15) is 12.8 Å². The smallest absolute Gasteiger partial charge is 0.225 e. The van der Waals surface area contributed by atoms with Crippen LogP contribution < -0.4 is 10.1 Å². The second-order valence-electron chi connectivity index (χ2n) is 5.15. The molecule has 5 heteroatoms. The Morgan fingerprint density at radius 3 is 3.24 bits per heavy atom. The lowest BCUT2D eigenvalue weighted by atomic mass is 9.98. The first kappa shape index (κ1) is 15.3. The molecule has 1 unspecified atom stereocenters. The molecule has 1 aromatic rings. The summed E-state index contributed by atoms with van der Waals surface area (Å²) in [6, 6.07) is 3.64. The summed E-state index contributed by atoms with van der Waals surface area (Å²) in [4.78, 5) is 18.1. The maximum absolute atomic E-state index is 12.0. The van der Waals surface area contributed by atoms with E-state index in [4.69, 9.17) is 4.74 Å². The first-order valence-electron chi connectivity index (χ1n) is 7.20. The van der Waals surface area contributed by atoms with Crippen LogP contribution >= 0.6 is 0 Å². The number of hydrogen-bond acceptors (Lipinski definition) is 4. The van der Waals surface area contributed by atoms with E-state index in [1.54, 1.807) is 12.4 Å². The minimum atomic E-state index is 0.0946. The van der Waals surface area contributed by atoms with E-state index >= 15 is 0 Å². The van der Waals surface area contributed by atoms with Crippen LogP contribution in [0.15, 0.2) is 24.5 Å². The summed E-state index contributed by atoms with van der Waals surface area (Å²) >= 11 is 0.